The van der Waals surface area contributed by atoms with Gasteiger partial charge in [0.2, 0.25) is 0 Å². The highest BCUT2D eigenvalue weighted by Crippen LogP contribution is 2.25. The minimum absolute atomic E-state index is 0.0156. The quantitative estimate of drug-likeness (QED) is 0.616. The van der Waals surface area contributed by atoms with Crippen LogP contribution in [0.5, 0.6) is 0 Å². The van der Waals surface area contributed by atoms with Crippen molar-refractivity contribution in [2.45, 2.75) is 37.8 Å². The molecule has 5 heteroatoms. The highest BCUT2D eigenvalue weighted by molar-refractivity contribution is 6.63. The summed E-state index contributed by atoms with van der Waals surface area (Å²) in [7, 11) is -0.0156. The van der Waals surface area contributed by atoms with Crippen molar-refractivity contribution in [2.75, 3.05) is 0 Å². The van der Waals surface area contributed by atoms with Crippen LogP contribution in [0.4, 0.5) is 0 Å². The van der Waals surface area contributed by atoms with E-state index in [1.54, 1.807) is 6.20 Å². The number of aromatic nitrogens is 2. The molecule has 0 unspecified atom stereocenters. The topological polar surface area (TPSA) is 49.9 Å². The van der Waals surface area contributed by atoms with Gasteiger partial charge in [0.15, 0.2) is 0 Å². The molecule has 1 aliphatic heterocycles. The van der Waals surface area contributed by atoms with Crippen molar-refractivity contribution >= 4 is 12.8 Å². The van der Waals surface area contributed by atoms with Crippen molar-refractivity contribution in [3.8, 4) is 0 Å². The molecule has 1 aliphatic carbocycles. The van der Waals surface area contributed by atoms with Gasteiger partial charge in [-0.05, 0) is 12.8 Å². The van der Waals surface area contributed by atoms with Gasteiger partial charge in [0.25, 0.3) is 0 Å². The number of nitrogens with zero attached hydrogens (tertiary/aromatic N) is 1. The molecule has 2 heterocycles. The monoisotopic (exact) mass is 191 g/mol. The van der Waals surface area contributed by atoms with Gasteiger partial charge in [-0.15, -0.1) is 0 Å². The third kappa shape index (κ3) is 1.37. The Morgan fingerprint density at radius 1 is 1.43 bits per heavy atom. The lowest BCUT2D eigenvalue weighted by atomic mass is 9.82. The van der Waals surface area contributed by atoms with Gasteiger partial charge in [-0.25, -0.2) is 4.98 Å². The Morgan fingerprint density at radius 3 is 3.14 bits per heavy atom. The molecule has 0 spiro atoms. The lowest BCUT2D eigenvalue weighted by Crippen LogP contribution is -2.46. The first-order valence-electron chi connectivity index (χ1n) is 5.34. The number of hydrogen-bond acceptors (Lipinski definition) is 3. The average Bonchev–Trinajstić information content (AvgIpc) is 2.86. The van der Waals surface area contributed by atoms with E-state index in [2.05, 4.69) is 15.2 Å². The summed E-state index contributed by atoms with van der Waals surface area (Å²) in [6, 6.07) is 0.541. The molecule has 2 N–H and O–H groups in total. The molecule has 1 saturated heterocycles. The summed E-state index contributed by atoms with van der Waals surface area (Å²) in [6.07, 6.45) is 9.05. The fraction of sp³-hybridized carbons (Fsp3) is 0.667. The number of fused-ring (bicyclic) bond motifs is 1. The molecule has 1 aromatic rings. The Kier molecular flexibility index (Phi) is 2.07. The first-order valence-corrected chi connectivity index (χ1v) is 5.34. The number of nitrogens with one attached hydrogen (secondary N) is 2. The summed E-state index contributed by atoms with van der Waals surface area (Å²) in [5, 5.41) is 3.48. The molecular formula is C9H14BN3O. The Balaban J connectivity index is 1.74. The van der Waals surface area contributed by atoms with Crippen LogP contribution in [0.25, 0.3) is 0 Å². The number of rotatable bonds is 1. The molecule has 2 atom stereocenters. The van der Waals surface area contributed by atoms with E-state index >= 15 is 0 Å². The van der Waals surface area contributed by atoms with Gasteiger partial charge in [-0.2, -0.15) is 0 Å². The highest BCUT2D eigenvalue weighted by Gasteiger charge is 2.40. The predicted molar refractivity (Wildman–Crippen MR) is 54.2 cm³/mol. The molecule has 1 aromatic heterocycles. The fourth-order valence-electron chi connectivity index (χ4n) is 2.42. The fourth-order valence-corrected chi connectivity index (χ4v) is 2.42. The molecule has 3 rings (SSSR count). The van der Waals surface area contributed by atoms with Crippen molar-refractivity contribution in [1.82, 2.24) is 15.2 Å². The van der Waals surface area contributed by atoms with Crippen molar-refractivity contribution < 1.29 is 4.65 Å². The lowest BCUT2D eigenvalue weighted by Gasteiger charge is -2.23. The third-order valence-corrected chi connectivity index (χ3v) is 3.15. The molecule has 0 radical (unpaired) electrons. The zero-order chi connectivity index (χ0) is 9.38. The van der Waals surface area contributed by atoms with E-state index in [1.165, 1.54) is 25.7 Å². The Bertz CT molecular complexity index is 289. The second kappa shape index (κ2) is 3.40. The van der Waals surface area contributed by atoms with Crippen molar-refractivity contribution in [3.05, 3.63) is 12.4 Å². The maximum atomic E-state index is 5.90. The van der Waals surface area contributed by atoms with E-state index in [4.69, 9.17) is 4.65 Å². The number of H-pyrrole nitrogens is 1. The second-order valence-corrected chi connectivity index (χ2v) is 4.09. The van der Waals surface area contributed by atoms with Crippen LogP contribution in [-0.4, -0.2) is 29.2 Å². The van der Waals surface area contributed by atoms with Crippen molar-refractivity contribution in [1.29, 1.82) is 0 Å². The Hall–Kier alpha value is -0.805. The van der Waals surface area contributed by atoms with Crippen LogP contribution < -0.4 is 11.0 Å². The average molecular weight is 191 g/mol. The van der Waals surface area contributed by atoms with E-state index in [0.717, 1.165) is 5.72 Å². The molecule has 2 aliphatic rings. The molecule has 2 fully saturated rings. The van der Waals surface area contributed by atoms with Crippen LogP contribution in [0.15, 0.2) is 12.4 Å². The van der Waals surface area contributed by atoms with Gasteiger partial charge in [0.05, 0.1) is 6.10 Å². The molecule has 0 amide bonds. The number of imidazole rings is 1. The molecule has 14 heavy (non-hydrogen) atoms. The second-order valence-electron chi connectivity index (χ2n) is 4.09. The maximum absolute atomic E-state index is 5.90. The van der Waals surface area contributed by atoms with Crippen LogP contribution in [0.1, 0.15) is 25.7 Å². The summed E-state index contributed by atoms with van der Waals surface area (Å²) >= 11 is 0. The summed E-state index contributed by atoms with van der Waals surface area (Å²) in [4.78, 5) is 7.30. The SMILES string of the molecule is c1c[nH]c(B2N[C@H]3CCCC[C@H]3O2)n1. The van der Waals surface area contributed by atoms with Crippen molar-refractivity contribution in [3.63, 3.8) is 0 Å². The zero-order valence-electron chi connectivity index (χ0n) is 8.07. The first kappa shape index (κ1) is 8.50. The third-order valence-electron chi connectivity index (χ3n) is 3.15. The van der Waals surface area contributed by atoms with Crippen LogP contribution >= 0.6 is 0 Å². The lowest BCUT2D eigenvalue weighted by molar-refractivity contribution is 0.168. The molecule has 4 nitrogen and oxygen atoms in total. The minimum Gasteiger partial charge on any atom is -0.411 e. The zero-order valence-corrected chi connectivity index (χ0v) is 8.07. The normalized spacial score (nSPS) is 31.9. The summed E-state index contributed by atoms with van der Waals surface area (Å²) in [5.74, 6) is 0. The van der Waals surface area contributed by atoms with Gasteiger partial charge in [-0.3, -0.25) is 0 Å². The van der Waals surface area contributed by atoms with E-state index in [-0.39, 0.29) is 7.05 Å². The van der Waals surface area contributed by atoms with E-state index in [0.29, 0.717) is 12.1 Å². The molecule has 0 aromatic carbocycles. The molecule has 0 bridgehead atoms. The molecule has 74 valence electrons. The van der Waals surface area contributed by atoms with Crippen molar-refractivity contribution in [2.24, 2.45) is 0 Å². The maximum Gasteiger partial charge on any atom is 0.454 e. The minimum atomic E-state index is -0.0156. The van der Waals surface area contributed by atoms with Crippen LogP contribution in [0.3, 0.4) is 0 Å². The molecule has 1 saturated carbocycles. The smallest absolute Gasteiger partial charge is 0.411 e. The van der Waals surface area contributed by atoms with Gasteiger partial charge in [-0.1, -0.05) is 12.8 Å². The van der Waals surface area contributed by atoms with Gasteiger partial charge in [0.1, 0.15) is 5.72 Å². The van der Waals surface area contributed by atoms with Gasteiger partial charge in [0, 0.05) is 18.4 Å². The summed E-state index contributed by atoms with van der Waals surface area (Å²) in [6.45, 7) is 0. The summed E-state index contributed by atoms with van der Waals surface area (Å²) in [5.41, 5.74) is 0.902. The first-order chi connectivity index (χ1) is 6.93. The van der Waals surface area contributed by atoms with E-state index in [9.17, 15) is 0 Å². The number of hydrogen-bond donors (Lipinski definition) is 2. The molecular weight excluding hydrogens is 177 g/mol. The highest BCUT2D eigenvalue weighted by atomic mass is 16.5. The van der Waals surface area contributed by atoms with Gasteiger partial charge >= 0.3 is 7.05 Å². The predicted octanol–water partition coefficient (Wildman–Crippen LogP) is 0.0359. The standard InChI is InChI=1S/C9H14BN3O/c1-2-4-8-7(3-1)13-10(14-8)9-11-5-6-12-9/h5-8,13H,1-4H2,(H,11,12)/t7-,8+/m0/s1. The van der Waals surface area contributed by atoms with E-state index in [1.807, 2.05) is 6.20 Å². The number of aromatic amines is 1. The van der Waals surface area contributed by atoms with Crippen LogP contribution in [0.2, 0.25) is 0 Å². The van der Waals surface area contributed by atoms with Gasteiger partial charge < -0.3 is 14.9 Å². The van der Waals surface area contributed by atoms with Crippen LogP contribution in [-0.2, 0) is 4.65 Å². The largest absolute Gasteiger partial charge is 0.454 e. The Labute approximate surface area is 83.6 Å². The summed E-state index contributed by atoms with van der Waals surface area (Å²) < 4.78 is 5.90. The van der Waals surface area contributed by atoms with Crippen LogP contribution in [0, 0.1) is 0 Å². The van der Waals surface area contributed by atoms with E-state index < -0.39 is 0 Å². The Morgan fingerprint density at radius 2 is 2.36 bits per heavy atom.